The van der Waals surface area contributed by atoms with Crippen molar-refractivity contribution < 1.29 is 0 Å². The second-order valence-corrected chi connectivity index (χ2v) is 18.4. The zero-order valence-corrected chi connectivity index (χ0v) is 35.7. The molecule has 0 saturated carbocycles. The topological polar surface area (TPSA) is 16.3 Å². The maximum absolute atomic E-state index is 2.72. The van der Waals surface area contributed by atoms with E-state index in [-0.39, 0.29) is 13.7 Å². The first-order valence-electron chi connectivity index (χ1n) is 23.1. The van der Waals surface area contributed by atoms with Crippen LogP contribution in [0.2, 0.25) is 0 Å². The molecule has 302 valence electrons. The number of hydrogen-bond donors (Lipinski definition) is 0. The lowest BCUT2D eigenvalue weighted by atomic mass is 9.39. The number of aromatic nitrogens is 2. The second-order valence-electron chi connectivity index (χ2n) is 18.4. The van der Waals surface area contributed by atoms with Gasteiger partial charge in [-0.25, -0.2) is 0 Å². The Labute approximate surface area is 382 Å². The Kier molecular flexibility index (Phi) is 6.68. The van der Waals surface area contributed by atoms with Gasteiger partial charge in [-0.05, 0) is 110 Å². The summed E-state index contributed by atoms with van der Waals surface area (Å²) < 4.78 is 5.45. The molecule has 0 amide bonds. The smallest absolute Gasteiger partial charge is 0.333 e. The van der Waals surface area contributed by atoms with Crippen molar-refractivity contribution in [2.24, 2.45) is 0 Å². The average Bonchev–Trinajstić information content (AvgIpc) is 3.90. The van der Waals surface area contributed by atoms with Gasteiger partial charge >= 0.3 is 13.7 Å². The normalized spacial score (nSPS) is 13.6. The van der Waals surface area contributed by atoms with E-state index in [0.717, 1.165) is 11.4 Å². The first kappa shape index (κ1) is 34.9. The number of fused-ring (bicyclic) bond motifs is 12. The molecule has 10 aromatic carbocycles. The highest BCUT2D eigenvalue weighted by molar-refractivity contribution is 6.95. The SMILES string of the molecule is c1ccc(-c2ccc3c(c2)N(c2ccccc2)c2cc4c5c6c2B3n2c3ccccc3c3cc7c8ccccc8n(c7c-6c32)B5c2ccc(-c3ccccc3)cc2N4c2ccccc2)cc1. The van der Waals surface area contributed by atoms with E-state index in [9.17, 15) is 0 Å². The van der Waals surface area contributed by atoms with E-state index in [0.29, 0.717) is 0 Å². The average molecular weight is 835 g/mol. The van der Waals surface area contributed by atoms with Crippen molar-refractivity contribution in [2.45, 2.75) is 0 Å². The molecule has 12 aromatic rings. The first-order chi connectivity index (χ1) is 32.8. The van der Waals surface area contributed by atoms with E-state index in [2.05, 4.69) is 237 Å². The van der Waals surface area contributed by atoms with Crippen LogP contribution < -0.4 is 31.7 Å². The van der Waals surface area contributed by atoms with E-state index >= 15 is 0 Å². The van der Waals surface area contributed by atoms with Gasteiger partial charge in [0, 0.05) is 83.3 Å². The molecule has 0 fully saturated rings. The quantitative estimate of drug-likeness (QED) is 0.164. The molecule has 4 aliphatic rings. The third kappa shape index (κ3) is 4.32. The van der Waals surface area contributed by atoms with E-state index in [4.69, 9.17) is 0 Å². The number of rotatable bonds is 4. The Hall–Kier alpha value is -8.47. The van der Waals surface area contributed by atoms with Crippen LogP contribution in [0.4, 0.5) is 34.1 Å². The Morgan fingerprint density at radius 3 is 1.15 bits per heavy atom. The minimum Gasteiger partial charge on any atom is -0.375 e. The fraction of sp³-hybridized carbons (Fsp3) is 0. The van der Waals surface area contributed by atoms with Crippen LogP contribution in [-0.2, 0) is 0 Å². The highest BCUT2D eigenvalue weighted by Crippen LogP contribution is 2.54. The lowest BCUT2D eigenvalue weighted by Crippen LogP contribution is -2.63. The maximum atomic E-state index is 2.72. The van der Waals surface area contributed by atoms with Gasteiger partial charge in [0.1, 0.15) is 0 Å². The van der Waals surface area contributed by atoms with E-state index in [1.165, 1.54) is 122 Å². The third-order valence-electron chi connectivity index (χ3n) is 15.2. The zero-order chi connectivity index (χ0) is 42.8. The van der Waals surface area contributed by atoms with Gasteiger partial charge in [-0.1, -0.05) is 158 Å². The number of anilines is 6. The van der Waals surface area contributed by atoms with Crippen LogP contribution in [0, 0.1) is 0 Å². The van der Waals surface area contributed by atoms with Crippen molar-refractivity contribution in [1.29, 1.82) is 0 Å². The van der Waals surface area contributed by atoms with Crippen LogP contribution in [0.5, 0.6) is 0 Å². The summed E-state index contributed by atoms with van der Waals surface area (Å²) in [4.78, 5) is 5.16. The fourth-order valence-electron chi connectivity index (χ4n) is 12.7. The van der Waals surface area contributed by atoms with Crippen molar-refractivity contribution >= 4 is 113 Å². The molecule has 66 heavy (non-hydrogen) atoms. The number of benzene rings is 10. The van der Waals surface area contributed by atoms with Gasteiger partial charge in [0.05, 0.1) is 0 Å². The number of hydrogen-bond acceptors (Lipinski definition) is 2. The van der Waals surface area contributed by atoms with Crippen molar-refractivity contribution in [2.75, 3.05) is 9.80 Å². The van der Waals surface area contributed by atoms with Crippen molar-refractivity contribution in [1.82, 2.24) is 8.96 Å². The molecule has 0 saturated heterocycles. The summed E-state index contributed by atoms with van der Waals surface area (Å²) >= 11 is 0. The third-order valence-corrected chi connectivity index (χ3v) is 15.2. The predicted octanol–water partition coefficient (Wildman–Crippen LogP) is 12.4. The summed E-state index contributed by atoms with van der Waals surface area (Å²) in [5.74, 6) is 0. The van der Waals surface area contributed by atoms with Crippen LogP contribution >= 0.6 is 0 Å². The van der Waals surface area contributed by atoms with Crippen LogP contribution in [0.3, 0.4) is 0 Å². The fourth-order valence-corrected chi connectivity index (χ4v) is 12.7. The molecular weight excluding hydrogens is 798 g/mol. The Morgan fingerprint density at radius 1 is 0.288 bits per heavy atom. The molecule has 6 heterocycles. The van der Waals surface area contributed by atoms with E-state index in [1.807, 2.05) is 0 Å². The van der Waals surface area contributed by atoms with Crippen LogP contribution in [0.15, 0.2) is 218 Å². The molecule has 2 aromatic heterocycles. The lowest BCUT2D eigenvalue weighted by molar-refractivity contribution is 1.22. The summed E-state index contributed by atoms with van der Waals surface area (Å²) in [5.41, 5.74) is 25.3. The molecule has 0 radical (unpaired) electrons. The molecule has 0 N–H and O–H groups in total. The van der Waals surface area contributed by atoms with Crippen molar-refractivity contribution in [3.8, 4) is 33.4 Å². The van der Waals surface area contributed by atoms with Crippen molar-refractivity contribution in [3.05, 3.63) is 218 Å². The monoisotopic (exact) mass is 834 g/mol. The van der Waals surface area contributed by atoms with Gasteiger partial charge in [-0.15, -0.1) is 0 Å². The molecule has 4 nitrogen and oxygen atoms in total. The van der Waals surface area contributed by atoms with Gasteiger partial charge in [-0.2, -0.15) is 0 Å². The number of nitrogens with zero attached hydrogens (tertiary/aromatic N) is 4. The molecule has 6 heteroatoms. The molecule has 0 spiro atoms. The largest absolute Gasteiger partial charge is 0.375 e. The minimum atomic E-state index is -0.0731. The van der Waals surface area contributed by atoms with Gasteiger partial charge in [0.25, 0.3) is 0 Å². The molecule has 0 atom stereocenters. The van der Waals surface area contributed by atoms with Crippen LogP contribution in [0.1, 0.15) is 0 Å². The predicted molar refractivity (Wildman–Crippen MR) is 279 cm³/mol. The molecular formula is C60H36B2N4. The minimum absolute atomic E-state index is 0.0731. The van der Waals surface area contributed by atoms with Gasteiger partial charge < -0.3 is 18.8 Å². The molecule has 0 aliphatic carbocycles. The highest BCUT2D eigenvalue weighted by Gasteiger charge is 2.51. The summed E-state index contributed by atoms with van der Waals surface area (Å²) in [6.07, 6.45) is 0. The number of para-hydroxylation sites is 4. The maximum Gasteiger partial charge on any atom is 0.333 e. The van der Waals surface area contributed by atoms with Gasteiger partial charge in [-0.3, -0.25) is 0 Å². The zero-order valence-electron chi connectivity index (χ0n) is 35.7. The summed E-state index contributed by atoms with van der Waals surface area (Å²) in [7, 11) is 0. The molecule has 4 aliphatic heterocycles. The van der Waals surface area contributed by atoms with Crippen LogP contribution in [0.25, 0.3) is 77.0 Å². The standard InChI is InChI=1S/C60H36B2N4/c1-5-17-37(18-6-1)39-29-31-47-51(33-39)63(41-21-9-3-10-22-41)53-36-54-58-55-56-59-45(43-25-13-15-27-49(43)65(59)61(47)57(53)55)35-46-44-26-14-16-28-50(44)66(60(46)56)62(58)48-32-30-40(38-19-7-2-8-20-38)34-52(48)64(54)42-23-11-4-12-24-42/h1-36H. The highest BCUT2D eigenvalue weighted by atomic mass is 15.2. The van der Waals surface area contributed by atoms with Crippen LogP contribution in [-0.4, -0.2) is 22.7 Å². The summed E-state index contributed by atoms with van der Waals surface area (Å²) in [6, 6.07) is 81.7. The molecule has 0 bridgehead atoms. The summed E-state index contributed by atoms with van der Waals surface area (Å²) in [6.45, 7) is -0.146. The first-order valence-corrected chi connectivity index (χ1v) is 23.1. The van der Waals surface area contributed by atoms with E-state index in [1.54, 1.807) is 0 Å². The second kappa shape index (κ2) is 12.6. The van der Waals surface area contributed by atoms with E-state index < -0.39 is 0 Å². The van der Waals surface area contributed by atoms with Gasteiger partial charge in [0.15, 0.2) is 0 Å². The van der Waals surface area contributed by atoms with Crippen molar-refractivity contribution in [3.63, 3.8) is 0 Å². The lowest BCUT2D eigenvalue weighted by Gasteiger charge is -2.47. The molecule has 16 rings (SSSR count). The Bertz CT molecular complexity index is 3810. The molecule has 0 unspecified atom stereocenters. The Morgan fingerprint density at radius 2 is 0.697 bits per heavy atom. The summed E-state index contributed by atoms with van der Waals surface area (Å²) in [5, 5.41) is 5.22. The Balaban J connectivity index is 1.14. The van der Waals surface area contributed by atoms with Gasteiger partial charge in [0.2, 0.25) is 0 Å².